The van der Waals surface area contributed by atoms with Crippen molar-refractivity contribution in [3.8, 4) is 0 Å². The lowest BCUT2D eigenvalue weighted by molar-refractivity contribution is 0.0689. The number of carbonyl (C=O) groups is 2. The Morgan fingerprint density at radius 1 is 0.607 bits per heavy atom. The molecule has 0 aromatic heterocycles. The Balaban J connectivity index is 2.26. The minimum Gasteiger partial charge on any atom is -0.515 e. The molecule has 2 rings (SSSR count). The van der Waals surface area contributed by atoms with Gasteiger partial charge in [-0.2, -0.15) is 0 Å². The molecule has 0 heterocycles. The van der Waals surface area contributed by atoms with Gasteiger partial charge in [0.1, 0.15) is 0 Å². The molecule has 0 saturated carbocycles. The van der Waals surface area contributed by atoms with Crippen LogP contribution in [0, 0.1) is 27.7 Å². The number of carbonyl (C=O) groups excluding carboxylic acids is 2. The molecule has 0 N–H and O–H groups in total. The van der Waals surface area contributed by atoms with Crippen LogP contribution in [0.4, 0.5) is 0 Å². The lowest BCUT2D eigenvalue weighted by atomic mass is 10.0. The highest BCUT2D eigenvalue weighted by molar-refractivity contribution is 7.36. The Labute approximate surface area is 169 Å². The molecule has 0 bridgehead atoms. The van der Waals surface area contributed by atoms with E-state index in [1.165, 1.54) is 0 Å². The monoisotopic (exact) mass is 414 g/mol. The largest absolute Gasteiger partial charge is 0.515 e. The van der Waals surface area contributed by atoms with E-state index >= 15 is 0 Å². The number of benzene rings is 2. The molecule has 2 aromatic carbocycles. The van der Waals surface area contributed by atoms with Crippen molar-refractivity contribution in [3.63, 3.8) is 0 Å². The Morgan fingerprint density at radius 3 is 1.11 bits per heavy atom. The van der Waals surface area contributed by atoms with Crippen molar-refractivity contribution < 1.29 is 18.4 Å². The summed E-state index contributed by atoms with van der Waals surface area (Å²) in [5.74, 6) is -0.646. The van der Waals surface area contributed by atoms with Gasteiger partial charge in [-0.15, -0.1) is 0 Å². The van der Waals surface area contributed by atoms with Crippen molar-refractivity contribution >= 4 is 27.6 Å². The summed E-state index contributed by atoms with van der Waals surface area (Å²) in [7, 11) is -5.21. The molecule has 0 aliphatic carbocycles. The minimum absolute atomic E-state index is 0.323. The molecule has 0 unspecified atom stereocenters. The SMILES string of the molecule is Cc1cccc(C)c1C(=O)O[Si](C)(C)[Si](C)(C)OC(=O)c1c(C)cccc1C. The molecule has 4 nitrogen and oxygen atoms in total. The summed E-state index contributed by atoms with van der Waals surface area (Å²) in [6.07, 6.45) is 0. The molecule has 2 aromatic rings. The molecule has 6 heteroatoms. The van der Waals surface area contributed by atoms with E-state index in [1.807, 2.05) is 90.3 Å². The Hall–Kier alpha value is -2.19. The van der Waals surface area contributed by atoms with Crippen molar-refractivity contribution in [2.24, 2.45) is 0 Å². The fourth-order valence-electron chi connectivity index (χ4n) is 3.08. The van der Waals surface area contributed by atoms with Gasteiger partial charge in [0.15, 0.2) is 0 Å². The van der Waals surface area contributed by atoms with Gasteiger partial charge in [-0.3, -0.25) is 0 Å². The topological polar surface area (TPSA) is 52.6 Å². The van der Waals surface area contributed by atoms with E-state index in [-0.39, 0.29) is 11.9 Å². The molecule has 0 saturated heterocycles. The van der Waals surface area contributed by atoms with E-state index < -0.39 is 15.7 Å². The molecule has 150 valence electrons. The maximum Gasteiger partial charge on any atom is 0.325 e. The number of hydrogen-bond acceptors (Lipinski definition) is 4. The average Bonchev–Trinajstić information content (AvgIpc) is 2.53. The van der Waals surface area contributed by atoms with E-state index in [1.54, 1.807) is 0 Å². The highest BCUT2D eigenvalue weighted by Gasteiger charge is 2.51. The highest BCUT2D eigenvalue weighted by Crippen LogP contribution is 2.27. The first-order chi connectivity index (χ1) is 12.9. The number of hydrogen-bond donors (Lipinski definition) is 0. The summed E-state index contributed by atoms with van der Waals surface area (Å²) in [6.45, 7) is 15.5. The third-order valence-corrected chi connectivity index (χ3v) is 19.1. The molecular formula is C22H30O4Si2. The Bertz CT molecular complexity index is 801. The van der Waals surface area contributed by atoms with E-state index in [0.29, 0.717) is 11.1 Å². The normalized spacial score (nSPS) is 11.9. The average molecular weight is 415 g/mol. The Kier molecular flexibility index (Phi) is 6.35. The molecule has 0 aliphatic heterocycles. The lowest BCUT2D eigenvalue weighted by Crippen LogP contribution is -2.60. The number of rotatable bonds is 5. The first kappa shape index (κ1) is 22.1. The first-order valence-electron chi connectivity index (χ1n) is 9.46. The minimum atomic E-state index is -2.61. The smallest absolute Gasteiger partial charge is 0.325 e. The Morgan fingerprint density at radius 2 is 0.857 bits per heavy atom. The van der Waals surface area contributed by atoms with E-state index in [0.717, 1.165) is 22.3 Å². The van der Waals surface area contributed by atoms with Crippen molar-refractivity contribution in [3.05, 3.63) is 69.8 Å². The first-order valence-corrected chi connectivity index (χ1v) is 16.3. The second-order valence-electron chi connectivity index (χ2n) is 8.33. The van der Waals surface area contributed by atoms with E-state index in [9.17, 15) is 9.59 Å². The molecule has 0 radical (unpaired) electrons. The molecule has 0 atom stereocenters. The molecule has 0 spiro atoms. The fourth-order valence-corrected chi connectivity index (χ4v) is 6.74. The van der Waals surface area contributed by atoms with Crippen LogP contribution in [0.3, 0.4) is 0 Å². The molecule has 0 aliphatic rings. The molecule has 0 amide bonds. The van der Waals surface area contributed by atoms with Crippen LogP contribution in [-0.4, -0.2) is 27.6 Å². The van der Waals surface area contributed by atoms with E-state index in [4.69, 9.17) is 8.85 Å². The van der Waals surface area contributed by atoms with Crippen LogP contribution in [0.2, 0.25) is 26.2 Å². The van der Waals surface area contributed by atoms with Crippen LogP contribution < -0.4 is 0 Å². The van der Waals surface area contributed by atoms with Crippen LogP contribution in [0.25, 0.3) is 0 Å². The zero-order valence-electron chi connectivity index (χ0n) is 18.1. The van der Waals surface area contributed by atoms with Gasteiger partial charge in [0.2, 0.25) is 0 Å². The zero-order chi connectivity index (χ0) is 21.3. The second kappa shape index (κ2) is 8.05. The van der Waals surface area contributed by atoms with Crippen molar-refractivity contribution in [1.29, 1.82) is 0 Å². The summed E-state index contributed by atoms with van der Waals surface area (Å²) in [6, 6.07) is 11.5. The van der Waals surface area contributed by atoms with Crippen LogP contribution in [0.1, 0.15) is 43.0 Å². The van der Waals surface area contributed by atoms with Gasteiger partial charge in [0, 0.05) is 0 Å². The van der Waals surface area contributed by atoms with Crippen LogP contribution in [-0.2, 0) is 8.85 Å². The van der Waals surface area contributed by atoms with Gasteiger partial charge < -0.3 is 8.85 Å². The summed E-state index contributed by atoms with van der Waals surface area (Å²) in [4.78, 5) is 25.8. The van der Waals surface area contributed by atoms with Gasteiger partial charge in [-0.05, 0) is 76.1 Å². The van der Waals surface area contributed by atoms with Crippen LogP contribution in [0.5, 0.6) is 0 Å². The summed E-state index contributed by atoms with van der Waals surface area (Å²) in [5, 5.41) is 0. The standard InChI is InChI=1S/C22H30O4Si2/c1-15-11-9-12-16(2)19(15)21(23)25-27(5,6)28(7,8)26-22(24)20-17(3)13-10-14-18(20)4/h9-14H,1-8H3. The predicted molar refractivity (Wildman–Crippen MR) is 118 cm³/mol. The number of aryl methyl sites for hydroxylation is 4. The maximum atomic E-state index is 12.9. The molecule has 28 heavy (non-hydrogen) atoms. The summed E-state index contributed by atoms with van der Waals surface area (Å²) >= 11 is 0. The van der Waals surface area contributed by atoms with Crippen molar-refractivity contribution in [2.45, 2.75) is 53.9 Å². The van der Waals surface area contributed by atoms with Crippen LogP contribution >= 0.6 is 0 Å². The van der Waals surface area contributed by atoms with E-state index in [2.05, 4.69) is 0 Å². The fraction of sp³-hybridized carbons (Fsp3) is 0.364. The summed E-state index contributed by atoms with van der Waals surface area (Å²) in [5.41, 5.74) is 4.77. The lowest BCUT2D eigenvalue weighted by Gasteiger charge is -2.36. The van der Waals surface area contributed by atoms with Gasteiger partial charge in [-0.1, -0.05) is 36.4 Å². The van der Waals surface area contributed by atoms with Crippen LogP contribution in [0.15, 0.2) is 36.4 Å². The third kappa shape index (κ3) is 4.44. The second-order valence-corrected chi connectivity index (χ2v) is 22.0. The predicted octanol–water partition coefficient (Wildman–Crippen LogP) is 5.42. The van der Waals surface area contributed by atoms with Gasteiger partial charge >= 0.3 is 11.9 Å². The third-order valence-electron chi connectivity index (χ3n) is 5.52. The quantitative estimate of drug-likeness (QED) is 0.613. The van der Waals surface area contributed by atoms with Crippen molar-refractivity contribution in [1.82, 2.24) is 0 Å². The maximum absolute atomic E-state index is 12.9. The van der Waals surface area contributed by atoms with Gasteiger partial charge in [0.05, 0.1) is 11.1 Å². The zero-order valence-corrected chi connectivity index (χ0v) is 20.1. The van der Waals surface area contributed by atoms with Gasteiger partial charge in [0.25, 0.3) is 15.7 Å². The summed E-state index contributed by atoms with van der Waals surface area (Å²) < 4.78 is 12.1. The highest BCUT2D eigenvalue weighted by atomic mass is 29.3. The molecular weight excluding hydrogens is 384 g/mol. The van der Waals surface area contributed by atoms with Crippen molar-refractivity contribution in [2.75, 3.05) is 0 Å². The van der Waals surface area contributed by atoms with Gasteiger partial charge in [-0.25, -0.2) is 9.59 Å². The molecule has 0 fully saturated rings.